The third-order valence-electron chi connectivity index (χ3n) is 1.09. The highest BCUT2D eigenvalue weighted by atomic mass is 14.8. The number of hydrogen-bond acceptors (Lipinski definition) is 2. The first kappa shape index (κ1) is 6.08. The van der Waals surface area contributed by atoms with Gasteiger partial charge >= 0.3 is 0 Å². The Hall–Kier alpha value is -1.05. The monoisotopic (exact) mass is 121 g/mol. The molecule has 0 bridgehead atoms. The molecule has 2 nitrogen and oxygen atoms in total. The summed E-state index contributed by atoms with van der Waals surface area (Å²) in [5.74, 6) is 0. The lowest BCUT2D eigenvalue weighted by molar-refractivity contribution is 1.25. The lowest BCUT2D eigenvalue weighted by atomic mass is 10.3. The molecule has 1 rings (SSSR count). The van der Waals surface area contributed by atoms with Crippen molar-refractivity contribution in [2.24, 2.45) is 0 Å². The van der Waals surface area contributed by atoms with E-state index in [1.54, 1.807) is 6.20 Å². The molecular weight excluding hydrogens is 112 g/mol. The van der Waals surface area contributed by atoms with E-state index in [1.165, 1.54) is 0 Å². The van der Waals surface area contributed by atoms with E-state index in [2.05, 4.69) is 16.5 Å². The van der Waals surface area contributed by atoms with E-state index in [1.807, 2.05) is 20.0 Å². The van der Waals surface area contributed by atoms with Gasteiger partial charge in [-0.25, -0.2) is 0 Å². The second kappa shape index (κ2) is 2.49. The van der Waals surface area contributed by atoms with Crippen LogP contribution in [0.4, 0.5) is 5.69 Å². The molecule has 0 unspecified atom stereocenters. The van der Waals surface area contributed by atoms with Crippen molar-refractivity contribution in [3.63, 3.8) is 0 Å². The molecular formula is C7H9N2. The molecule has 0 aliphatic carbocycles. The maximum absolute atomic E-state index is 3.87. The second-order valence-electron chi connectivity index (χ2n) is 1.92. The summed E-state index contributed by atoms with van der Waals surface area (Å²) in [5.41, 5.74) is 2.09. The number of nitrogens with one attached hydrogen (secondary N) is 1. The minimum atomic E-state index is 0.940. The number of nitrogens with zero attached hydrogens (tertiary/aromatic N) is 1. The molecule has 0 amide bonds. The Labute approximate surface area is 54.9 Å². The van der Waals surface area contributed by atoms with E-state index in [0.29, 0.717) is 0 Å². The Morgan fingerprint density at radius 2 is 2.44 bits per heavy atom. The number of pyridine rings is 1. The van der Waals surface area contributed by atoms with E-state index in [0.717, 1.165) is 11.3 Å². The second-order valence-corrected chi connectivity index (χ2v) is 1.92. The van der Waals surface area contributed by atoms with Gasteiger partial charge in [0, 0.05) is 13.2 Å². The first-order valence-corrected chi connectivity index (χ1v) is 2.85. The summed E-state index contributed by atoms with van der Waals surface area (Å²) in [6, 6.07) is 1.99. The largest absolute Gasteiger partial charge is 0.386 e. The van der Waals surface area contributed by atoms with E-state index in [-0.39, 0.29) is 0 Å². The van der Waals surface area contributed by atoms with Crippen molar-refractivity contribution >= 4 is 5.69 Å². The summed E-state index contributed by atoms with van der Waals surface area (Å²) >= 11 is 0. The van der Waals surface area contributed by atoms with Gasteiger partial charge in [-0.3, -0.25) is 4.98 Å². The van der Waals surface area contributed by atoms with Gasteiger partial charge < -0.3 is 5.32 Å². The number of anilines is 1. The lowest BCUT2D eigenvalue weighted by Crippen LogP contribution is -1.89. The summed E-state index contributed by atoms with van der Waals surface area (Å²) in [7, 11) is 1.85. The molecule has 0 spiro atoms. The highest BCUT2D eigenvalue weighted by molar-refractivity contribution is 5.40. The van der Waals surface area contributed by atoms with E-state index >= 15 is 0 Å². The van der Waals surface area contributed by atoms with Gasteiger partial charge in [0.25, 0.3) is 0 Å². The highest BCUT2D eigenvalue weighted by Crippen LogP contribution is 2.03. The summed E-state index contributed by atoms with van der Waals surface area (Å²) in [4.78, 5) is 3.87. The fraction of sp³-hybridized carbons (Fsp3) is 0.286. The normalized spacial score (nSPS) is 9.11. The van der Waals surface area contributed by atoms with Crippen molar-refractivity contribution in [2.75, 3.05) is 12.4 Å². The van der Waals surface area contributed by atoms with Crippen molar-refractivity contribution in [3.8, 4) is 0 Å². The molecule has 47 valence electrons. The number of aryl methyl sites for hydroxylation is 1. The van der Waals surface area contributed by atoms with E-state index < -0.39 is 0 Å². The van der Waals surface area contributed by atoms with Gasteiger partial charge in [0.15, 0.2) is 0 Å². The molecule has 0 atom stereocenters. The Bertz CT molecular complexity index is 196. The molecule has 2 heteroatoms. The molecule has 1 aromatic heterocycles. The van der Waals surface area contributed by atoms with E-state index in [4.69, 9.17) is 0 Å². The highest BCUT2D eigenvalue weighted by Gasteiger charge is 1.87. The zero-order valence-electron chi connectivity index (χ0n) is 5.60. The van der Waals surface area contributed by atoms with Crippen molar-refractivity contribution in [1.82, 2.24) is 4.98 Å². The zero-order valence-corrected chi connectivity index (χ0v) is 5.60. The molecule has 0 fully saturated rings. The topological polar surface area (TPSA) is 24.9 Å². The summed E-state index contributed by atoms with van der Waals surface area (Å²) in [6.07, 6.45) is 4.58. The summed E-state index contributed by atoms with van der Waals surface area (Å²) in [6.45, 7) is 2.00. The van der Waals surface area contributed by atoms with Crippen molar-refractivity contribution in [2.45, 2.75) is 6.92 Å². The van der Waals surface area contributed by atoms with Gasteiger partial charge in [0.2, 0.25) is 0 Å². The number of rotatable bonds is 1. The van der Waals surface area contributed by atoms with Gasteiger partial charge in [0.1, 0.15) is 6.20 Å². The van der Waals surface area contributed by atoms with Crippen LogP contribution >= 0.6 is 0 Å². The van der Waals surface area contributed by atoms with Crippen LogP contribution in [0.5, 0.6) is 0 Å². The Balaban J connectivity index is 2.94. The third-order valence-corrected chi connectivity index (χ3v) is 1.09. The Kier molecular flexibility index (Phi) is 1.68. The van der Waals surface area contributed by atoms with Crippen LogP contribution in [-0.2, 0) is 0 Å². The molecule has 1 radical (unpaired) electrons. The third kappa shape index (κ3) is 1.42. The zero-order chi connectivity index (χ0) is 6.69. The fourth-order valence-corrected chi connectivity index (χ4v) is 0.629. The molecule has 1 N–H and O–H groups in total. The maximum atomic E-state index is 3.87. The minimum absolute atomic E-state index is 0.940. The Morgan fingerprint density at radius 3 is 2.89 bits per heavy atom. The molecule has 9 heavy (non-hydrogen) atoms. The van der Waals surface area contributed by atoms with Gasteiger partial charge in [0.05, 0.1) is 5.69 Å². The van der Waals surface area contributed by atoms with Gasteiger partial charge in [-0.1, -0.05) is 0 Å². The standard InChI is InChI=1S/C7H9N2/c1-6-3-7(8-2)5-9-4-6/h3-4,8H,1-2H3. The molecule has 0 saturated carbocycles. The first-order valence-electron chi connectivity index (χ1n) is 2.85. The molecule has 1 heterocycles. The van der Waals surface area contributed by atoms with Crippen molar-refractivity contribution in [3.05, 3.63) is 24.0 Å². The van der Waals surface area contributed by atoms with Gasteiger partial charge in [-0.15, -0.1) is 0 Å². The van der Waals surface area contributed by atoms with Gasteiger partial charge in [-0.2, -0.15) is 0 Å². The van der Waals surface area contributed by atoms with Gasteiger partial charge in [-0.05, 0) is 18.6 Å². The fourth-order valence-electron chi connectivity index (χ4n) is 0.629. The maximum Gasteiger partial charge on any atom is 0.114 e. The SMILES string of the molecule is CNc1[c]ncc(C)c1. The average Bonchev–Trinajstić information content (AvgIpc) is 1.88. The van der Waals surface area contributed by atoms with Crippen LogP contribution in [0.15, 0.2) is 12.3 Å². The van der Waals surface area contributed by atoms with Crippen LogP contribution in [0.3, 0.4) is 0 Å². The minimum Gasteiger partial charge on any atom is -0.386 e. The first-order chi connectivity index (χ1) is 4.33. The predicted molar refractivity (Wildman–Crippen MR) is 37.4 cm³/mol. The summed E-state index contributed by atoms with van der Waals surface area (Å²) in [5, 5.41) is 2.95. The van der Waals surface area contributed by atoms with Crippen LogP contribution in [0.25, 0.3) is 0 Å². The van der Waals surface area contributed by atoms with Crippen LogP contribution < -0.4 is 5.32 Å². The number of aromatic nitrogens is 1. The molecule has 0 aliphatic heterocycles. The molecule has 1 aromatic rings. The van der Waals surface area contributed by atoms with Crippen molar-refractivity contribution < 1.29 is 0 Å². The number of hydrogen-bond donors (Lipinski definition) is 1. The van der Waals surface area contributed by atoms with Crippen molar-refractivity contribution in [1.29, 1.82) is 0 Å². The molecule has 0 aromatic carbocycles. The van der Waals surface area contributed by atoms with Crippen LogP contribution in [0, 0.1) is 13.1 Å². The molecule has 0 saturated heterocycles. The predicted octanol–water partition coefficient (Wildman–Crippen LogP) is 1.23. The summed E-state index contributed by atoms with van der Waals surface area (Å²) < 4.78 is 0. The van der Waals surface area contributed by atoms with Crippen LogP contribution in [0.2, 0.25) is 0 Å². The Morgan fingerprint density at radius 1 is 1.67 bits per heavy atom. The van der Waals surface area contributed by atoms with E-state index in [9.17, 15) is 0 Å². The lowest BCUT2D eigenvalue weighted by Gasteiger charge is -1.96. The van der Waals surface area contributed by atoms with Crippen LogP contribution in [-0.4, -0.2) is 12.0 Å². The average molecular weight is 121 g/mol. The molecule has 0 aliphatic rings. The quantitative estimate of drug-likeness (QED) is 0.604. The van der Waals surface area contributed by atoms with Crippen LogP contribution in [0.1, 0.15) is 5.56 Å². The smallest absolute Gasteiger partial charge is 0.114 e.